The Morgan fingerprint density at radius 3 is 2.76 bits per heavy atom. The van der Waals surface area contributed by atoms with Crippen molar-refractivity contribution < 1.29 is 9.90 Å². The van der Waals surface area contributed by atoms with Gasteiger partial charge in [-0.15, -0.1) is 0 Å². The van der Waals surface area contributed by atoms with Gasteiger partial charge in [-0.3, -0.25) is 9.78 Å². The van der Waals surface area contributed by atoms with Crippen LogP contribution in [0.15, 0.2) is 30.5 Å². The fraction of sp³-hybridized carbons (Fsp3) is 0.412. The van der Waals surface area contributed by atoms with Crippen LogP contribution in [0.1, 0.15) is 25.3 Å². The number of hydrogen-bond donors (Lipinski definition) is 1. The number of fused-ring (bicyclic) bond motifs is 1. The molecular formula is C17H20N2O2. The molecule has 1 aliphatic heterocycles. The molecule has 0 aliphatic carbocycles. The summed E-state index contributed by atoms with van der Waals surface area (Å²) in [6.45, 7) is 3.74. The number of hydrogen-bond acceptors (Lipinski definition) is 3. The van der Waals surface area contributed by atoms with Gasteiger partial charge < -0.3 is 10.0 Å². The van der Waals surface area contributed by atoms with Gasteiger partial charge in [-0.2, -0.15) is 0 Å². The first-order valence-electron chi connectivity index (χ1n) is 7.54. The number of aryl methyl sites for hydroxylation is 1. The number of pyridine rings is 1. The molecule has 4 nitrogen and oxygen atoms in total. The first-order valence-corrected chi connectivity index (χ1v) is 7.54. The average Bonchev–Trinajstić information content (AvgIpc) is 2.54. The van der Waals surface area contributed by atoms with Gasteiger partial charge in [0.05, 0.1) is 11.4 Å². The summed E-state index contributed by atoms with van der Waals surface area (Å²) < 4.78 is 0. The predicted molar refractivity (Wildman–Crippen MR) is 83.7 cm³/mol. The maximum Gasteiger partial charge on any atom is 0.306 e. The van der Waals surface area contributed by atoms with Crippen LogP contribution < -0.4 is 4.90 Å². The number of piperidine rings is 1. The van der Waals surface area contributed by atoms with Crippen molar-refractivity contribution in [2.24, 2.45) is 5.92 Å². The lowest BCUT2D eigenvalue weighted by atomic mass is 9.96. The van der Waals surface area contributed by atoms with Gasteiger partial charge in [0, 0.05) is 30.4 Å². The van der Waals surface area contributed by atoms with E-state index in [1.807, 2.05) is 12.3 Å². The molecule has 2 aromatic rings. The molecule has 0 unspecified atom stereocenters. The summed E-state index contributed by atoms with van der Waals surface area (Å²) in [5, 5.41) is 10.3. The van der Waals surface area contributed by atoms with Gasteiger partial charge in [0.25, 0.3) is 0 Å². The molecule has 4 heteroatoms. The quantitative estimate of drug-likeness (QED) is 0.941. The molecule has 1 aromatic heterocycles. The number of benzene rings is 1. The van der Waals surface area contributed by atoms with E-state index in [1.165, 1.54) is 16.6 Å². The van der Waals surface area contributed by atoms with Crippen molar-refractivity contribution >= 4 is 22.6 Å². The molecule has 1 N–H and O–H groups in total. The van der Waals surface area contributed by atoms with Crippen molar-refractivity contribution in [2.45, 2.75) is 26.2 Å². The second-order valence-corrected chi connectivity index (χ2v) is 5.63. The minimum atomic E-state index is -0.664. The summed E-state index contributed by atoms with van der Waals surface area (Å²) in [4.78, 5) is 17.8. The van der Waals surface area contributed by atoms with Gasteiger partial charge in [-0.1, -0.05) is 13.0 Å². The fourth-order valence-electron chi connectivity index (χ4n) is 3.04. The van der Waals surface area contributed by atoms with Gasteiger partial charge in [-0.25, -0.2) is 0 Å². The van der Waals surface area contributed by atoms with Gasteiger partial charge in [0.15, 0.2) is 0 Å². The van der Waals surface area contributed by atoms with Crippen LogP contribution in [-0.4, -0.2) is 29.1 Å². The highest BCUT2D eigenvalue weighted by Gasteiger charge is 2.25. The number of anilines is 1. The van der Waals surface area contributed by atoms with Crippen LogP contribution in [0, 0.1) is 5.92 Å². The Morgan fingerprint density at radius 1 is 1.33 bits per heavy atom. The molecule has 21 heavy (non-hydrogen) atoms. The van der Waals surface area contributed by atoms with Crippen LogP contribution >= 0.6 is 0 Å². The van der Waals surface area contributed by atoms with E-state index in [-0.39, 0.29) is 5.92 Å². The molecule has 0 amide bonds. The zero-order chi connectivity index (χ0) is 14.8. The first-order chi connectivity index (χ1) is 10.2. The van der Waals surface area contributed by atoms with Gasteiger partial charge in [0.1, 0.15) is 0 Å². The smallest absolute Gasteiger partial charge is 0.306 e. The van der Waals surface area contributed by atoms with Crippen molar-refractivity contribution in [1.82, 2.24) is 4.98 Å². The number of aromatic nitrogens is 1. The van der Waals surface area contributed by atoms with Crippen molar-refractivity contribution in [3.05, 3.63) is 36.0 Å². The molecular weight excluding hydrogens is 264 g/mol. The Kier molecular flexibility index (Phi) is 3.78. The van der Waals surface area contributed by atoms with E-state index in [1.54, 1.807) is 0 Å². The molecule has 0 bridgehead atoms. The van der Waals surface area contributed by atoms with Crippen LogP contribution in [0.5, 0.6) is 0 Å². The monoisotopic (exact) mass is 284 g/mol. The second kappa shape index (κ2) is 5.72. The molecule has 0 radical (unpaired) electrons. The predicted octanol–water partition coefficient (Wildman–Crippen LogP) is 3.10. The van der Waals surface area contributed by atoms with E-state index in [2.05, 4.69) is 35.0 Å². The third-order valence-corrected chi connectivity index (χ3v) is 4.38. The summed E-state index contributed by atoms with van der Waals surface area (Å²) in [5.74, 6) is -0.858. The minimum Gasteiger partial charge on any atom is -0.481 e. The normalized spacial score (nSPS) is 16.3. The molecule has 1 saturated heterocycles. The van der Waals surface area contributed by atoms with Crippen molar-refractivity contribution in [1.29, 1.82) is 0 Å². The highest BCUT2D eigenvalue weighted by atomic mass is 16.4. The maximum absolute atomic E-state index is 11.1. The largest absolute Gasteiger partial charge is 0.481 e. The molecule has 0 spiro atoms. The number of aliphatic carboxylic acids is 1. The molecule has 1 fully saturated rings. The fourth-order valence-corrected chi connectivity index (χ4v) is 3.04. The summed E-state index contributed by atoms with van der Waals surface area (Å²) in [6, 6.07) is 8.45. The summed E-state index contributed by atoms with van der Waals surface area (Å²) in [6.07, 6.45) is 4.27. The van der Waals surface area contributed by atoms with Crippen molar-refractivity contribution in [2.75, 3.05) is 18.0 Å². The zero-order valence-electron chi connectivity index (χ0n) is 12.2. The Hall–Kier alpha value is -2.10. The van der Waals surface area contributed by atoms with E-state index in [4.69, 9.17) is 5.11 Å². The van der Waals surface area contributed by atoms with Crippen molar-refractivity contribution in [3.8, 4) is 0 Å². The van der Waals surface area contributed by atoms with Crippen LogP contribution in [0.25, 0.3) is 10.9 Å². The van der Waals surface area contributed by atoms with E-state index < -0.39 is 5.97 Å². The topological polar surface area (TPSA) is 53.4 Å². The van der Waals surface area contributed by atoms with E-state index in [0.717, 1.165) is 25.0 Å². The van der Waals surface area contributed by atoms with Gasteiger partial charge in [-0.05, 0) is 43.0 Å². The second-order valence-electron chi connectivity index (χ2n) is 5.63. The first kappa shape index (κ1) is 13.9. The number of rotatable bonds is 3. The van der Waals surface area contributed by atoms with Gasteiger partial charge in [0.2, 0.25) is 0 Å². The average molecular weight is 284 g/mol. The molecule has 1 aliphatic rings. The number of carboxylic acid groups (broad SMARTS) is 1. The molecule has 0 atom stereocenters. The minimum absolute atomic E-state index is 0.194. The lowest BCUT2D eigenvalue weighted by Gasteiger charge is -2.32. The standard InChI is InChI=1S/C17H20N2O2/c1-2-12-3-4-15-14(11-12)16(5-8-18-15)19-9-6-13(7-10-19)17(20)21/h3-5,8,11,13H,2,6-7,9-10H2,1H3,(H,20,21). The Morgan fingerprint density at radius 2 is 2.10 bits per heavy atom. The van der Waals surface area contributed by atoms with E-state index in [0.29, 0.717) is 12.8 Å². The summed E-state index contributed by atoms with van der Waals surface area (Å²) in [5.41, 5.74) is 3.49. The Labute approximate surface area is 124 Å². The molecule has 1 aromatic carbocycles. The number of carbonyl (C=O) groups is 1. The summed E-state index contributed by atoms with van der Waals surface area (Å²) in [7, 11) is 0. The Balaban J connectivity index is 1.92. The highest BCUT2D eigenvalue weighted by Crippen LogP contribution is 2.30. The number of carboxylic acids is 1. The van der Waals surface area contributed by atoms with Crippen LogP contribution in [0.4, 0.5) is 5.69 Å². The highest BCUT2D eigenvalue weighted by molar-refractivity contribution is 5.92. The lowest BCUT2D eigenvalue weighted by Crippen LogP contribution is -2.36. The van der Waals surface area contributed by atoms with Crippen LogP contribution in [-0.2, 0) is 11.2 Å². The SMILES string of the molecule is CCc1ccc2nccc(N3CCC(C(=O)O)CC3)c2c1. The summed E-state index contributed by atoms with van der Waals surface area (Å²) >= 11 is 0. The number of nitrogens with zero attached hydrogens (tertiary/aromatic N) is 2. The van der Waals surface area contributed by atoms with E-state index >= 15 is 0 Å². The molecule has 3 rings (SSSR count). The lowest BCUT2D eigenvalue weighted by molar-refractivity contribution is -0.142. The molecule has 110 valence electrons. The zero-order valence-corrected chi connectivity index (χ0v) is 12.2. The van der Waals surface area contributed by atoms with Gasteiger partial charge >= 0.3 is 5.97 Å². The third kappa shape index (κ3) is 2.71. The molecule has 2 heterocycles. The van der Waals surface area contributed by atoms with Crippen LogP contribution in [0.2, 0.25) is 0 Å². The Bertz CT molecular complexity index is 661. The van der Waals surface area contributed by atoms with Crippen molar-refractivity contribution in [3.63, 3.8) is 0 Å². The van der Waals surface area contributed by atoms with Crippen LogP contribution in [0.3, 0.4) is 0 Å². The molecule has 0 saturated carbocycles. The van der Waals surface area contributed by atoms with E-state index in [9.17, 15) is 4.79 Å². The third-order valence-electron chi connectivity index (χ3n) is 4.38. The maximum atomic E-state index is 11.1.